The van der Waals surface area contributed by atoms with Crippen LogP contribution in [-0.2, 0) is 6.42 Å². The van der Waals surface area contributed by atoms with Crippen molar-refractivity contribution >= 4 is 16.5 Å². The second kappa shape index (κ2) is 5.80. The molecule has 1 aliphatic carbocycles. The summed E-state index contributed by atoms with van der Waals surface area (Å²) < 4.78 is 0. The maximum Gasteiger partial charge on any atom is 0.185 e. The van der Waals surface area contributed by atoms with Gasteiger partial charge in [-0.25, -0.2) is 4.98 Å². The number of nitrogens with zero attached hydrogens (tertiary/aromatic N) is 2. The van der Waals surface area contributed by atoms with Crippen LogP contribution >= 0.6 is 11.3 Å². The topological polar surface area (TPSA) is 36.4 Å². The first kappa shape index (κ1) is 14.8. The molecule has 1 aliphatic rings. The van der Waals surface area contributed by atoms with Gasteiger partial charge in [0.25, 0.3) is 0 Å². The van der Waals surface area contributed by atoms with E-state index < -0.39 is 0 Å². The standard InChI is InChI=1S/C15H26N2OS/c1-5-6-7-8-17(4)14-16-11-9-15(2,3)10-12(18)13(11)19-14/h12,18H,5-10H2,1-4H3. The van der Waals surface area contributed by atoms with Crippen LogP contribution in [0.1, 0.15) is 63.1 Å². The first-order valence-electron chi connectivity index (χ1n) is 7.32. The fourth-order valence-electron chi connectivity index (χ4n) is 2.74. The average molecular weight is 282 g/mol. The molecule has 3 nitrogen and oxygen atoms in total. The van der Waals surface area contributed by atoms with E-state index in [-0.39, 0.29) is 11.5 Å². The van der Waals surface area contributed by atoms with Crippen molar-refractivity contribution in [2.75, 3.05) is 18.5 Å². The Balaban J connectivity index is 2.09. The van der Waals surface area contributed by atoms with Gasteiger partial charge in [-0.2, -0.15) is 0 Å². The van der Waals surface area contributed by atoms with Crippen LogP contribution in [0, 0.1) is 5.41 Å². The Kier molecular flexibility index (Phi) is 4.51. The molecule has 0 amide bonds. The number of hydrogen-bond acceptors (Lipinski definition) is 4. The zero-order valence-corrected chi connectivity index (χ0v) is 13.4. The van der Waals surface area contributed by atoms with E-state index in [2.05, 4.69) is 32.7 Å². The van der Waals surface area contributed by atoms with Gasteiger partial charge >= 0.3 is 0 Å². The zero-order chi connectivity index (χ0) is 14.0. The van der Waals surface area contributed by atoms with Crippen molar-refractivity contribution in [3.63, 3.8) is 0 Å². The van der Waals surface area contributed by atoms with Crippen LogP contribution < -0.4 is 4.90 Å². The number of aliphatic hydroxyl groups excluding tert-OH is 1. The van der Waals surface area contributed by atoms with E-state index in [0.717, 1.165) is 35.1 Å². The molecule has 1 heterocycles. The summed E-state index contributed by atoms with van der Waals surface area (Å²) in [5.74, 6) is 0. The molecule has 4 heteroatoms. The molecule has 19 heavy (non-hydrogen) atoms. The molecule has 0 aromatic carbocycles. The minimum absolute atomic E-state index is 0.165. The fourth-order valence-corrected chi connectivity index (χ4v) is 3.79. The summed E-state index contributed by atoms with van der Waals surface area (Å²) in [6.07, 6.45) is 5.24. The Bertz CT molecular complexity index is 428. The van der Waals surface area contributed by atoms with Gasteiger partial charge in [-0.3, -0.25) is 0 Å². The fraction of sp³-hybridized carbons (Fsp3) is 0.800. The van der Waals surface area contributed by atoms with Gasteiger partial charge in [0.1, 0.15) is 0 Å². The van der Waals surface area contributed by atoms with Gasteiger partial charge in [-0.15, -0.1) is 0 Å². The lowest BCUT2D eigenvalue weighted by Gasteiger charge is -2.31. The third kappa shape index (κ3) is 3.48. The number of fused-ring (bicyclic) bond motifs is 1. The summed E-state index contributed by atoms with van der Waals surface area (Å²) in [6.45, 7) is 7.70. The van der Waals surface area contributed by atoms with Crippen molar-refractivity contribution in [3.05, 3.63) is 10.6 Å². The molecule has 0 saturated carbocycles. The summed E-state index contributed by atoms with van der Waals surface area (Å²) in [7, 11) is 2.11. The molecule has 0 bridgehead atoms. The smallest absolute Gasteiger partial charge is 0.185 e. The minimum atomic E-state index is -0.325. The molecular formula is C15H26N2OS. The Morgan fingerprint density at radius 3 is 2.84 bits per heavy atom. The van der Waals surface area contributed by atoms with E-state index in [4.69, 9.17) is 4.98 Å². The molecule has 1 aromatic heterocycles. The number of aromatic nitrogens is 1. The lowest BCUT2D eigenvalue weighted by molar-refractivity contribution is 0.102. The molecule has 0 saturated heterocycles. The Labute approximate surface area is 120 Å². The van der Waals surface area contributed by atoms with E-state index in [0.29, 0.717) is 0 Å². The first-order valence-corrected chi connectivity index (χ1v) is 8.13. The number of anilines is 1. The van der Waals surface area contributed by atoms with E-state index in [1.807, 2.05) is 0 Å². The maximum atomic E-state index is 10.3. The highest BCUT2D eigenvalue weighted by molar-refractivity contribution is 7.15. The van der Waals surface area contributed by atoms with Gasteiger partial charge in [-0.05, 0) is 24.7 Å². The molecular weight excluding hydrogens is 256 g/mol. The molecule has 0 fully saturated rings. The van der Waals surface area contributed by atoms with E-state index in [9.17, 15) is 5.11 Å². The summed E-state index contributed by atoms with van der Waals surface area (Å²) >= 11 is 1.68. The van der Waals surface area contributed by atoms with Gasteiger partial charge in [0.05, 0.1) is 16.7 Å². The number of unbranched alkanes of at least 4 members (excludes halogenated alkanes) is 2. The van der Waals surface area contributed by atoms with E-state index >= 15 is 0 Å². The number of hydrogen-bond donors (Lipinski definition) is 1. The third-order valence-electron chi connectivity index (χ3n) is 3.83. The van der Waals surface area contributed by atoms with Crippen molar-refractivity contribution in [2.45, 2.75) is 59.0 Å². The minimum Gasteiger partial charge on any atom is -0.387 e. The normalized spacial score (nSPS) is 21.2. The molecule has 1 unspecified atom stereocenters. The third-order valence-corrected chi connectivity index (χ3v) is 5.15. The molecule has 2 rings (SSSR count). The van der Waals surface area contributed by atoms with Crippen molar-refractivity contribution in [2.24, 2.45) is 5.41 Å². The second-order valence-electron chi connectivity index (χ2n) is 6.50. The first-order chi connectivity index (χ1) is 8.93. The van der Waals surface area contributed by atoms with Crippen LogP contribution in [-0.4, -0.2) is 23.7 Å². The zero-order valence-electron chi connectivity index (χ0n) is 12.6. The van der Waals surface area contributed by atoms with Gasteiger partial charge in [0, 0.05) is 13.6 Å². The molecule has 0 radical (unpaired) electrons. The average Bonchev–Trinajstić information content (AvgIpc) is 2.71. The molecule has 1 atom stereocenters. The van der Waals surface area contributed by atoms with Crippen LogP contribution in [0.15, 0.2) is 0 Å². The van der Waals surface area contributed by atoms with Gasteiger partial charge < -0.3 is 10.0 Å². The summed E-state index contributed by atoms with van der Waals surface area (Å²) in [5, 5.41) is 11.3. The van der Waals surface area contributed by atoms with E-state index in [1.54, 1.807) is 11.3 Å². The van der Waals surface area contributed by atoms with Crippen molar-refractivity contribution < 1.29 is 5.11 Å². The summed E-state index contributed by atoms with van der Waals surface area (Å²) in [5.41, 5.74) is 1.28. The molecule has 1 aromatic rings. The number of rotatable bonds is 5. The highest BCUT2D eigenvalue weighted by Crippen LogP contribution is 2.44. The Hall–Kier alpha value is -0.610. The molecule has 1 N–H and O–H groups in total. The van der Waals surface area contributed by atoms with Crippen molar-refractivity contribution in [1.82, 2.24) is 4.98 Å². The van der Waals surface area contributed by atoms with Crippen LogP contribution in [0.3, 0.4) is 0 Å². The lowest BCUT2D eigenvalue weighted by atomic mass is 9.77. The van der Waals surface area contributed by atoms with Gasteiger partial charge in [0.15, 0.2) is 5.13 Å². The second-order valence-corrected chi connectivity index (χ2v) is 7.51. The monoisotopic (exact) mass is 282 g/mol. The highest BCUT2D eigenvalue weighted by atomic mass is 32.1. The molecule has 108 valence electrons. The lowest BCUT2D eigenvalue weighted by Crippen LogP contribution is -2.24. The maximum absolute atomic E-state index is 10.3. The summed E-state index contributed by atoms with van der Waals surface area (Å²) in [4.78, 5) is 8.09. The van der Waals surface area contributed by atoms with Gasteiger partial charge in [-0.1, -0.05) is 44.9 Å². The van der Waals surface area contributed by atoms with Gasteiger partial charge in [0.2, 0.25) is 0 Å². The van der Waals surface area contributed by atoms with Crippen LogP contribution in [0.4, 0.5) is 5.13 Å². The Morgan fingerprint density at radius 1 is 1.42 bits per heavy atom. The molecule has 0 spiro atoms. The van der Waals surface area contributed by atoms with Crippen LogP contribution in [0.2, 0.25) is 0 Å². The Morgan fingerprint density at radius 2 is 2.16 bits per heavy atom. The van der Waals surface area contributed by atoms with Crippen molar-refractivity contribution in [3.8, 4) is 0 Å². The predicted molar refractivity (Wildman–Crippen MR) is 82.0 cm³/mol. The quantitative estimate of drug-likeness (QED) is 0.835. The van der Waals surface area contributed by atoms with Crippen molar-refractivity contribution in [1.29, 1.82) is 0 Å². The number of aliphatic hydroxyl groups is 1. The summed E-state index contributed by atoms with van der Waals surface area (Å²) in [6, 6.07) is 0. The van der Waals surface area contributed by atoms with E-state index in [1.165, 1.54) is 19.3 Å². The molecule has 0 aliphatic heterocycles. The largest absolute Gasteiger partial charge is 0.387 e. The highest BCUT2D eigenvalue weighted by Gasteiger charge is 2.34. The predicted octanol–water partition coefficient (Wildman–Crippen LogP) is 3.78. The SMILES string of the molecule is CCCCCN(C)c1nc2c(s1)C(O)CC(C)(C)C2. The van der Waals surface area contributed by atoms with Crippen LogP contribution in [0.25, 0.3) is 0 Å². The van der Waals surface area contributed by atoms with Crippen LogP contribution in [0.5, 0.6) is 0 Å². The number of thiazole rings is 1.